The molecule has 0 amide bonds. The maximum absolute atomic E-state index is 10.8. The average Bonchev–Trinajstić information content (AvgIpc) is 2.96. The summed E-state index contributed by atoms with van der Waals surface area (Å²) in [6, 6.07) is 0. The second kappa shape index (κ2) is 7.75. The molecule has 3 fully saturated rings. The van der Waals surface area contributed by atoms with Gasteiger partial charge >= 0.3 is 0 Å². The van der Waals surface area contributed by atoms with E-state index in [4.69, 9.17) is 0 Å². The monoisotopic (exact) mass is 426 g/mol. The Bertz CT molecular complexity index is 754. The van der Waals surface area contributed by atoms with Gasteiger partial charge in [0.15, 0.2) is 0 Å². The number of hydrogen-bond donors (Lipinski definition) is 1. The number of aliphatic hydroxyl groups is 1. The lowest BCUT2D eigenvalue weighted by Gasteiger charge is -2.66. The summed E-state index contributed by atoms with van der Waals surface area (Å²) in [5, 5.41) is 10.8. The van der Waals surface area contributed by atoms with Gasteiger partial charge in [-0.15, -0.1) is 0 Å². The van der Waals surface area contributed by atoms with Crippen molar-refractivity contribution in [1.29, 1.82) is 0 Å². The van der Waals surface area contributed by atoms with Crippen LogP contribution < -0.4 is 0 Å². The van der Waals surface area contributed by atoms with Gasteiger partial charge in [-0.25, -0.2) is 0 Å². The highest BCUT2D eigenvalue weighted by Gasteiger charge is 2.67. The molecule has 4 aliphatic rings. The first-order valence-electron chi connectivity index (χ1n) is 13.4. The van der Waals surface area contributed by atoms with Crippen molar-refractivity contribution in [2.75, 3.05) is 0 Å². The zero-order valence-electron chi connectivity index (χ0n) is 21.9. The molecule has 0 heterocycles. The molecule has 4 rings (SSSR count). The summed E-state index contributed by atoms with van der Waals surface area (Å²) in [5.74, 6) is 3.18. The number of aliphatic hydroxyl groups excluding tert-OH is 1. The van der Waals surface area contributed by atoms with E-state index in [1.807, 2.05) is 0 Å². The SMILES string of the molecule is CC(C)=CCC[C@@H](C)[C@H]1CC[C@]2(C)[C@@H]3CC=C4[C@@H](CC[C@H](O)C4(C)C)[C@]3(C)CC[C@]12C. The molecule has 0 saturated heterocycles. The minimum atomic E-state index is -0.169. The molecule has 1 nitrogen and oxygen atoms in total. The van der Waals surface area contributed by atoms with Gasteiger partial charge in [0, 0.05) is 5.41 Å². The Morgan fingerprint density at radius 2 is 1.74 bits per heavy atom. The molecular formula is C30H50O. The van der Waals surface area contributed by atoms with Gasteiger partial charge < -0.3 is 5.11 Å². The third-order valence-corrected chi connectivity index (χ3v) is 11.8. The highest BCUT2D eigenvalue weighted by atomic mass is 16.3. The van der Waals surface area contributed by atoms with Crippen LogP contribution in [0.5, 0.6) is 0 Å². The Balaban J connectivity index is 1.62. The molecule has 0 aromatic rings. The van der Waals surface area contributed by atoms with E-state index in [9.17, 15) is 5.11 Å². The van der Waals surface area contributed by atoms with Crippen LogP contribution in [-0.2, 0) is 0 Å². The third kappa shape index (κ3) is 3.34. The van der Waals surface area contributed by atoms with Gasteiger partial charge in [0.05, 0.1) is 6.10 Å². The molecule has 0 aromatic heterocycles. The molecule has 1 heteroatoms. The van der Waals surface area contributed by atoms with Crippen molar-refractivity contribution in [2.45, 2.75) is 119 Å². The molecule has 0 unspecified atom stereocenters. The summed E-state index contributed by atoms with van der Waals surface area (Å²) in [5.41, 5.74) is 4.37. The first-order chi connectivity index (χ1) is 14.4. The lowest BCUT2D eigenvalue weighted by atomic mass is 9.39. The molecular weight excluding hydrogens is 376 g/mol. The maximum atomic E-state index is 10.8. The first kappa shape index (κ1) is 23.6. The quantitative estimate of drug-likeness (QED) is 0.448. The van der Waals surface area contributed by atoms with E-state index < -0.39 is 0 Å². The summed E-state index contributed by atoms with van der Waals surface area (Å²) >= 11 is 0. The molecule has 31 heavy (non-hydrogen) atoms. The summed E-state index contributed by atoms with van der Waals surface area (Å²) in [4.78, 5) is 0. The van der Waals surface area contributed by atoms with Crippen molar-refractivity contribution in [1.82, 2.24) is 0 Å². The Morgan fingerprint density at radius 3 is 2.42 bits per heavy atom. The lowest BCUT2D eigenvalue weighted by Crippen LogP contribution is -2.59. The van der Waals surface area contributed by atoms with Gasteiger partial charge in [0.2, 0.25) is 0 Å². The van der Waals surface area contributed by atoms with Crippen LogP contribution in [0, 0.1) is 45.3 Å². The van der Waals surface area contributed by atoms with Crippen molar-refractivity contribution in [3.05, 3.63) is 23.3 Å². The molecule has 0 aliphatic heterocycles. The maximum Gasteiger partial charge on any atom is 0.0628 e. The van der Waals surface area contributed by atoms with E-state index in [2.05, 4.69) is 67.5 Å². The Hall–Kier alpha value is -0.560. The second-order valence-corrected chi connectivity index (χ2v) is 13.6. The molecule has 0 radical (unpaired) electrons. The Morgan fingerprint density at radius 1 is 1.03 bits per heavy atom. The lowest BCUT2D eigenvalue weighted by molar-refractivity contribution is -0.145. The van der Waals surface area contributed by atoms with Gasteiger partial charge in [-0.2, -0.15) is 0 Å². The highest BCUT2D eigenvalue weighted by molar-refractivity contribution is 5.30. The van der Waals surface area contributed by atoms with E-state index in [1.54, 1.807) is 5.57 Å². The zero-order chi connectivity index (χ0) is 22.8. The number of hydrogen-bond acceptors (Lipinski definition) is 1. The number of fused-ring (bicyclic) bond motifs is 5. The van der Waals surface area contributed by atoms with Gasteiger partial charge in [-0.1, -0.05) is 64.8 Å². The normalized spacial score (nSPS) is 46.9. The van der Waals surface area contributed by atoms with Gasteiger partial charge in [0.1, 0.15) is 0 Å². The van der Waals surface area contributed by atoms with Crippen molar-refractivity contribution in [3.63, 3.8) is 0 Å². The van der Waals surface area contributed by atoms with Crippen LogP contribution in [0.3, 0.4) is 0 Å². The molecule has 176 valence electrons. The van der Waals surface area contributed by atoms with Crippen LogP contribution in [0.1, 0.15) is 113 Å². The third-order valence-electron chi connectivity index (χ3n) is 11.8. The largest absolute Gasteiger partial charge is 0.392 e. The summed E-state index contributed by atoms with van der Waals surface area (Å²) < 4.78 is 0. The molecule has 0 bridgehead atoms. The van der Waals surface area contributed by atoms with E-state index in [0.29, 0.717) is 22.2 Å². The second-order valence-electron chi connectivity index (χ2n) is 13.6. The van der Waals surface area contributed by atoms with Crippen LogP contribution in [0.25, 0.3) is 0 Å². The van der Waals surface area contributed by atoms with Crippen LogP contribution in [-0.4, -0.2) is 11.2 Å². The molecule has 8 atom stereocenters. The van der Waals surface area contributed by atoms with Crippen LogP contribution >= 0.6 is 0 Å². The van der Waals surface area contributed by atoms with E-state index in [1.165, 1.54) is 56.9 Å². The van der Waals surface area contributed by atoms with Crippen molar-refractivity contribution < 1.29 is 5.11 Å². The first-order valence-corrected chi connectivity index (χ1v) is 13.4. The minimum absolute atomic E-state index is 0.0454. The average molecular weight is 427 g/mol. The molecule has 3 saturated carbocycles. The fraction of sp³-hybridized carbons (Fsp3) is 0.867. The molecule has 0 spiro atoms. The van der Waals surface area contributed by atoms with E-state index in [0.717, 1.165) is 24.2 Å². The predicted octanol–water partition coefficient (Wildman–Crippen LogP) is 8.34. The number of allylic oxidation sites excluding steroid dienone is 3. The van der Waals surface area contributed by atoms with Gasteiger partial charge in [-0.3, -0.25) is 0 Å². The van der Waals surface area contributed by atoms with E-state index >= 15 is 0 Å². The summed E-state index contributed by atoms with van der Waals surface area (Å²) in [7, 11) is 0. The van der Waals surface area contributed by atoms with Crippen LogP contribution in [0.2, 0.25) is 0 Å². The summed E-state index contributed by atoms with van der Waals surface area (Å²) in [6.07, 6.45) is 16.5. The smallest absolute Gasteiger partial charge is 0.0628 e. The fourth-order valence-electron chi connectivity index (χ4n) is 9.47. The predicted molar refractivity (Wildman–Crippen MR) is 133 cm³/mol. The van der Waals surface area contributed by atoms with Gasteiger partial charge in [-0.05, 0) is 112 Å². The fourth-order valence-corrected chi connectivity index (χ4v) is 9.47. The van der Waals surface area contributed by atoms with Gasteiger partial charge in [0.25, 0.3) is 0 Å². The van der Waals surface area contributed by atoms with Crippen molar-refractivity contribution in [2.24, 2.45) is 45.3 Å². The standard InChI is InChI=1S/C30H50O/c1-20(2)10-9-11-21(3)22-16-17-30(8)25-14-12-23-24(13-15-26(31)27(23,4)5)28(25,6)18-19-29(22,30)7/h10,12,21-22,24-26,31H,9,11,13-19H2,1-8H3/t21-,22-,24-,25-,26+,28+,29-,30-/m1/s1. The molecule has 0 aromatic carbocycles. The zero-order valence-corrected chi connectivity index (χ0v) is 21.9. The topological polar surface area (TPSA) is 20.2 Å². The Labute approximate surface area is 193 Å². The van der Waals surface area contributed by atoms with E-state index in [-0.39, 0.29) is 11.5 Å². The highest BCUT2D eigenvalue weighted by Crippen LogP contribution is 2.74. The van der Waals surface area contributed by atoms with Crippen LogP contribution in [0.4, 0.5) is 0 Å². The molecule has 4 aliphatic carbocycles. The molecule has 1 N–H and O–H groups in total. The minimum Gasteiger partial charge on any atom is -0.392 e. The van der Waals surface area contributed by atoms with Crippen LogP contribution in [0.15, 0.2) is 23.3 Å². The summed E-state index contributed by atoms with van der Waals surface area (Å²) in [6.45, 7) is 19.7. The Kier molecular flexibility index (Phi) is 5.90. The van der Waals surface area contributed by atoms with Crippen molar-refractivity contribution in [3.8, 4) is 0 Å². The van der Waals surface area contributed by atoms with Crippen molar-refractivity contribution >= 4 is 0 Å². The number of rotatable bonds is 4.